The standard InChI is InChI=1S/C10H17N3O/c1-7(2)9-5-8(3)12-13(9)6-10(14)11-4/h5,7H,6H2,1-4H3,(H,11,14). The van der Waals surface area contributed by atoms with Crippen molar-refractivity contribution >= 4 is 5.91 Å². The van der Waals surface area contributed by atoms with Gasteiger partial charge in [-0.05, 0) is 18.9 Å². The highest BCUT2D eigenvalue weighted by Gasteiger charge is 2.11. The minimum atomic E-state index is -0.0185. The number of rotatable bonds is 3. The molecule has 0 fully saturated rings. The van der Waals surface area contributed by atoms with Gasteiger partial charge in [-0.15, -0.1) is 0 Å². The second-order valence-corrected chi connectivity index (χ2v) is 3.70. The van der Waals surface area contributed by atoms with Crippen LogP contribution in [0.5, 0.6) is 0 Å². The van der Waals surface area contributed by atoms with Crippen molar-refractivity contribution in [1.82, 2.24) is 15.1 Å². The third-order valence-corrected chi connectivity index (χ3v) is 2.10. The van der Waals surface area contributed by atoms with Gasteiger partial charge in [0.25, 0.3) is 0 Å². The molecule has 0 spiro atoms. The number of aromatic nitrogens is 2. The van der Waals surface area contributed by atoms with Crippen LogP contribution in [-0.2, 0) is 11.3 Å². The molecule has 78 valence electrons. The first-order chi connectivity index (χ1) is 6.54. The predicted molar refractivity (Wildman–Crippen MR) is 55.1 cm³/mol. The van der Waals surface area contributed by atoms with Crippen LogP contribution in [0.2, 0.25) is 0 Å². The minimum Gasteiger partial charge on any atom is -0.358 e. The molecular formula is C10H17N3O. The highest BCUT2D eigenvalue weighted by atomic mass is 16.1. The lowest BCUT2D eigenvalue weighted by Crippen LogP contribution is -2.25. The summed E-state index contributed by atoms with van der Waals surface area (Å²) in [6, 6.07) is 2.02. The molecule has 1 aromatic rings. The van der Waals surface area contributed by atoms with Gasteiger partial charge in [-0.25, -0.2) is 0 Å². The molecule has 1 rings (SSSR count). The van der Waals surface area contributed by atoms with Gasteiger partial charge in [-0.2, -0.15) is 5.10 Å². The smallest absolute Gasteiger partial charge is 0.241 e. The number of hydrogen-bond acceptors (Lipinski definition) is 2. The predicted octanol–water partition coefficient (Wildman–Crippen LogP) is 1.06. The van der Waals surface area contributed by atoms with Crippen molar-refractivity contribution in [3.63, 3.8) is 0 Å². The fourth-order valence-corrected chi connectivity index (χ4v) is 1.37. The van der Waals surface area contributed by atoms with Gasteiger partial charge < -0.3 is 5.32 Å². The van der Waals surface area contributed by atoms with Gasteiger partial charge in [-0.3, -0.25) is 9.48 Å². The normalized spacial score (nSPS) is 10.6. The number of carbonyl (C=O) groups excluding carboxylic acids is 1. The van der Waals surface area contributed by atoms with Crippen molar-refractivity contribution in [3.8, 4) is 0 Å². The van der Waals surface area contributed by atoms with Crippen LogP contribution in [0.25, 0.3) is 0 Å². The largest absolute Gasteiger partial charge is 0.358 e. The average molecular weight is 195 g/mol. The van der Waals surface area contributed by atoms with E-state index in [0.29, 0.717) is 12.5 Å². The summed E-state index contributed by atoms with van der Waals surface area (Å²) in [5.41, 5.74) is 2.06. The van der Waals surface area contributed by atoms with Gasteiger partial charge in [0.1, 0.15) is 6.54 Å². The van der Waals surface area contributed by atoms with Crippen LogP contribution >= 0.6 is 0 Å². The molecule has 0 atom stereocenters. The maximum atomic E-state index is 11.2. The lowest BCUT2D eigenvalue weighted by Gasteiger charge is -2.08. The summed E-state index contributed by atoms with van der Waals surface area (Å²) in [7, 11) is 1.63. The Morgan fingerprint density at radius 1 is 1.64 bits per heavy atom. The Hall–Kier alpha value is -1.32. The highest BCUT2D eigenvalue weighted by molar-refractivity contribution is 5.75. The molecular weight excluding hydrogens is 178 g/mol. The Bertz CT molecular complexity index is 328. The Morgan fingerprint density at radius 2 is 2.29 bits per heavy atom. The molecule has 4 heteroatoms. The van der Waals surface area contributed by atoms with Crippen LogP contribution in [0, 0.1) is 6.92 Å². The van der Waals surface area contributed by atoms with Crippen molar-refractivity contribution in [2.24, 2.45) is 0 Å². The van der Waals surface area contributed by atoms with E-state index in [0.717, 1.165) is 11.4 Å². The molecule has 1 aromatic heterocycles. The Kier molecular flexibility index (Phi) is 3.28. The van der Waals surface area contributed by atoms with Gasteiger partial charge >= 0.3 is 0 Å². The molecule has 0 saturated heterocycles. The zero-order valence-electron chi connectivity index (χ0n) is 9.16. The fourth-order valence-electron chi connectivity index (χ4n) is 1.37. The first-order valence-electron chi connectivity index (χ1n) is 4.79. The number of aryl methyl sites for hydroxylation is 1. The maximum absolute atomic E-state index is 11.2. The van der Waals surface area contributed by atoms with Crippen LogP contribution in [0.3, 0.4) is 0 Å². The van der Waals surface area contributed by atoms with Gasteiger partial charge in [-0.1, -0.05) is 13.8 Å². The summed E-state index contributed by atoms with van der Waals surface area (Å²) in [4.78, 5) is 11.2. The van der Waals surface area contributed by atoms with Gasteiger partial charge in [0.05, 0.1) is 5.69 Å². The quantitative estimate of drug-likeness (QED) is 0.784. The number of likely N-dealkylation sites (N-methyl/N-ethyl adjacent to an activating group) is 1. The van der Waals surface area contributed by atoms with E-state index in [1.165, 1.54) is 0 Å². The highest BCUT2D eigenvalue weighted by Crippen LogP contribution is 2.15. The maximum Gasteiger partial charge on any atom is 0.241 e. The van der Waals surface area contributed by atoms with Crippen molar-refractivity contribution in [2.75, 3.05) is 7.05 Å². The monoisotopic (exact) mass is 195 g/mol. The van der Waals surface area contributed by atoms with E-state index in [1.807, 2.05) is 13.0 Å². The van der Waals surface area contributed by atoms with E-state index in [9.17, 15) is 4.79 Å². The molecule has 0 saturated carbocycles. The first kappa shape index (κ1) is 10.8. The summed E-state index contributed by atoms with van der Waals surface area (Å²) in [6.45, 7) is 6.43. The van der Waals surface area contributed by atoms with Crippen LogP contribution in [-0.4, -0.2) is 22.7 Å². The fraction of sp³-hybridized carbons (Fsp3) is 0.600. The molecule has 0 bridgehead atoms. The Balaban J connectivity index is 2.89. The molecule has 0 aliphatic heterocycles. The molecule has 0 aromatic carbocycles. The molecule has 0 aliphatic carbocycles. The molecule has 1 amide bonds. The molecule has 14 heavy (non-hydrogen) atoms. The van der Waals surface area contributed by atoms with E-state index in [2.05, 4.69) is 24.3 Å². The lowest BCUT2D eigenvalue weighted by atomic mass is 10.1. The molecule has 4 nitrogen and oxygen atoms in total. The van der Waals surface area contributed by atoms with Gasteiger partial charge in [0.2, 0.25) is 5.91 Å². The van der Waals surface area contributed by atoms with Crippen molar-refractivity contribution in [2.45, 2.75) is 33.2 Å². The summed E-state index contributed by atoms with van der Waals surface area (Å²) < 4.78 is 1.76. The number of nitrogens with one attached hydrogen (secondary N) is 1. The Morgan fingerprint density at radius 3 is 2.79 bits per heavy atom. The minimum absolute atomic E-state index is 0.0185. The van der Waals surface area contributed by atoms with E-state index in [1.54, 1.807) is 11.7 Å². The zero-order valence-corrected chi connectivity index (χ0v) is 9.16. The van der Waals surface area contributed by atoms with E-state index in [4.69, 9.17) is 0 Å². The number of amides is 1. The van der Waals surface area contributed by atoms with Crippen LogP contribution in [0.1, 0.15) is 31.2 Å². The van der Waals surface area contributed by atoms with Crippen molar-refractivity contribution < 1.29 is 4.79 Å². The van der Waals surface area contributed by atoms with E-state index >= 15 is 0 Å². The molecule has 0 unspecified atom stereocenters. The topological polar surface area (TPSA) is 46.9 Å². The Labute approximate surface area is 84.3 Å². The van der Waals surface area contributed by atoms with Crippen molar-refractivity contribution in [3.05, 3.63) is 17.5 Å². The molecule has 0 aliphatic rings. The second kappa shape index (κ2) is 4.26. The van der Waals surface area contributed by atoms with Crippen LogP contribution < -0.4 is 5.32 Å². The van der Waals surface area contributed by atoms with Crippen molar-refractivity contribution in [1.29, 1.82) is 0 Å². The number of hydrogen-bond donors (Lipinski definition) is 1. The second-order valence-electron chi connectivity index (χ2n) is 3.70. The summed E-state index contributed by atoms with van der Waals surface area (Å²) in [5, 5.41) is 6.86. The molecule has 1 N–H and O–H groups in total. The SMILES string of the molecule is CNC(=O)Cn1nc(C)cc1C(C)C. The van der Waals surface area contributed by atoms with Gasteiger partial charge in [0, 0.05) is 12.7 Å². The summed E-state index contributed by atoms with van der Waals surface area (Å²) >= 11 is 0. The third kappa shape index (κ3) is 2.34. The lowest BCUT2D eigenvalue weighted by molar-refractivity contribution is -0.121. The van der Waals surface area contributed by atoms with E-state index in [-0.39, 0.29) is 5.91 Å². The summed E-state index contributed by atoms with van der Waals surface area (Å²) in [6.07, 6.45) is 0. The number of nitrogens with zero attached hydrogens (tertiary/aromatic N) is 2. The van der Waals surface area contributed by atoms with Crippen LogP contribution in [0.15, 0.2) is 6.07 Å². The third-order valence-electron chi connectivity index (χ3n) is 2.10. The average Bonchev–Trinajstić information content (AvgIpc) is 2.46. The van der Waals surface area contributed by atoms with E-state index < -0.39 is 0 Å². The molecule has 0 radical (unpaired) electrons. The van der Waals surface area contributed by atoms with Crippen LogP contribution in [0.4, 0.5) is 0 Å². The van der Waals surface area contributed by atoms with Gasteiger partial charge in [0.15, 0.2) is 0 Å². The first-order valence-corrected chi connectivity index (χ1v) is 4.79. The zero-order chi connectivity index (χ0) is 10.7. The molecule has 1 heterocycles. The number of carbonyl (C=O) groups is 1. The summed E-state index contributed by atoms with van der Waals surface area (Å²) in [5.74, 6) is 0.371.